The minimum atomic E-state index is 0.606. The van der Waals surface area contributed by atoms with Crippen LogP contribution in [0.1, 0.15) is 52.4 Å². The fourth-order valence-electron chi connectivity index (χ4n) is 3.32. The lowest BCUT2D eigenvalue weighted by Gasteiger charge is -2.43. The average Bonchev–Trinajstić information content (AvgIpc) is 2.29. The third-order valence-corrected chi connectivity index (χ3v) is 4.69. The van der Waals surface area contributed by atoms with E-state index in [4.69, 9.17) is 0 Å². The molecule has 2 heteroatoms. The molecule has 1 saturated heterocycles. The SMILES string of the molecule is CNC1CCCN(C2CCC(C)(C)CC2)C1. The third kappa shape index (κ3) is 2.98. The van der Waals surface area contributed by atoms with Crippen LogP contribution in [-0.4, -0.2) is 37.1 Å². The monoisotopic (exact) mass is 224 g/mol. The van der Waals surface area contributed by atoms with E-state index in [1.807, 2.05) is 0 Å². The van der Waals surface area contributed by atoms with Crippen LogP contribution >= 0.6 is 0 Å². The van der Waals surface area contributed by atoms with Crippen LogP contribution in [0.2, 0.25) is 0 Å². The van der Waals surface area contributed by atoms with E-state index < -0.39 is 0 Å². The van der Waals surface area contributed by atoms with Crippen molar-refractivity contribution in [1.82, 2.24) is 10.2 Å². The van der Waals surface area contributed by atoms with Crippen molar-refractivity contribution in [3.8, 4) is 0 Å². The number of hydrogen-bond acceptors (Lipinski definition) is 2. The maximum Gasteiger partial charge on any atom is 0.0192 e. The molecule has 94 valence electrons. The van der Waals surface area contributed by atoms with Gasteiger partial charge in [-0.2, -0.15) is 0 Å². The second-order valence-corrected chi connectivity index (χ2v) is 6.52. The van der Waals surface area contributed by atoms with Gasteiger partial charge in [0.1, 0.15) is 0 Å². The highest BCUT2D eigenvalue weighted by Crippen LogP contribution is 2.37. The van der Waals surface area contributed by atoms with Gasteiger partial charge in [-0.15, -0.1) is 0 Å². The Hall–Kier alpha value is -0.0800. The minimum Gasteiger partial charge on any atom is -0.316 e. The average molecular weight is 224 g/mol. The molecule has 0 aromatic carbocycles. The zero-order valence-corrected chi connectivity index (χ0v) is 11.3. The number of piperidine rings is 1. The Kier molecular flexibility index (Phi) is 3.91. The molecule has 0 spiro atoms. The summed E-state index contributed by atoms with van der Waals surface area (Å²) in [6, 6.07) is 1.62. The molecule has 1 saturated carbocycles. The van der Waals surface area contributed by atoms with Crippen molar-refractivity contribution in [2.45, 2.75) is 64.5 Å². The van der Waals surface area contributed by atoms with Crippen molar-refractivity contribution < 1.29 is 0 Å². The second kappa shape index (κ2) is 5.05. The summed E-state index contributed by atoms with van der Waals surface area (Å²) in [7, 11) is 2.11. The van der Waals surface area contributed by atoms with Crippen LogP contribution in [0.4, 0.5) is 0 Å². The quantitative estimate of drug-likeness (QED) is 0.776. The van der Waals surface area contributed by atoms with E-state index in [0.29, 0.717) is 5.41 Å². The van der Waals surface area contributed by atoms with Crippen LogP contribution in [0, 0.1) is 5.41 Å². The summed E-state index contributed by atoms with van der Waals surface area (Å²) in [4.78, 5) is 2.75. The summed E-state index contributed by atoms with van der Waals surface area (Å²) >= 11 is 0. The first-order valence-corrected chi connectivity index (χ1v) is 7.02. The van der Waals surface area contributed by atoms with Gasteiger partial charge in [0.25, 0.3) is 0 Å². The molecule has 2 nitrogen and oxygen atoms in total. The maximum atomic E-state index is 3.45. The maximum absolute atomic E-state index is 3.45. The fraction of sp³-hybridized carbons (Fsp3) is 1.00. The number of hydrogen-bond donors (Lipinski definition) is 1. The van der Waals surface area contributed by atoms with Crippen LogP contribution in [0.25, 0.3) is 0 Å². The standard InChI is InChI=1S/C14H28N2/c1-14(2)8-6-13(7-9-14)16-10-4-5-12(11-16)15-3/h12-13,15H,4-11H2,1-3H3. The molecule has 1 aliphatic carbocycles. The fourth-order valence-corrected chi connectivity index (χ4v) is 3.32. The summed E-state index contributed by atoms with van der Waals surface area (Å²) in [5.41, 5.74) is 0.606. The predicted octanol–water partition coefficient (Wildman–Crippen LogP) is 2.64. The molecular formula is C14H28N2. The Labute approximate surface area is 101 Å². The van der Waals surface area contributed by atoms with E-state index >= 15 is 0 Å². The van der Waals surface area contributed by atoms with Gasteiger partial charge in [0.15, 0.2) is 0 Å². The van der Waals surface area contributed by atoms with Crippen LogP contribution in [-0.2, 0) is 0 Å². The van der Waals surface area contributed by atoms with Crippen LogP contribution in [0.3, 0.4) is 0 Å². The Morgan fingerprint density at radius 3 is 2.44 bits per heavy atom. The minimum absolute atomic E-state index is 0.606. The lowest BCUT2D eigenvalue weighted by atomic mass is 9.75. The molecule has 0 bridgehead atoms. The lowest BCUT2D eigenvalue weighted by molar-refractivity contribution is 0.0794. The Balaban J connectivity index is 1.84. The molecule has 2 rings (SSSR count). The van der Waals surface area contributed by atoms with Crippen LogP contribution in [0.5, 0.6) is 0 Å². The summed E-state index contributed by atoms with van der Waals surface area (Å²) in [5.74, 6) is 0. The highest BCUT2D eigenvalue weighted by molar-refractivity contribution is 4.87. The van der Waals surface area contributed by atoms with E-state index in [2.05, 4.69) is 31.1 Å². The van der Waals surface area contributed by atoms with Gasteiger partial charge in [0.2, 0.25) is 0 Å². The highest BCUT2D eigenvalue weighted by Gasteiger charge is 2.31. The molecule has 1 aliphatic heterocycles. The Bertz CT molecular complexity index is 215. The van der Waals surface area contributed by atoms with Crippen molar-refractivity contribution >= 4 is 0 Å². The molecule has 1 unspecified atom stereocenters. The number of likely N-dealkylation sites (tertiary alicyclic amines) is 1. The topological polar surface area (TPSA) is 15.3 Å². The normalized spacial score (nSPS) is 32.8. The van der Waals surface area contributed by atoms with Gasteiger partial charge in [0, 0.05) is 18.6 Å². The Morgan fingerprint density at radius 1 is 1.12 bits per heavy atom. The number of nitrogens with one attached hydrogen (secondary N) is 1. The van der Waals surface area contributed by atoms with Crippen LogP contribution in [0.15, 0.2) is 0 Å². The first-order valence-electron chi connectivity index (χ1n) is 7.02. The molecule has 1 atom stereocenters. The molecule has 2 aliphatic rings. The summed E-state index contributed by atoms with van der Waals surface area (Å²) in [6.07, 6.45) is 8.42. The number of nitrogens with zero attached hydrogens (tertiary/aromatic N) is 1. The van der Waals surface area contributed by atoms with E-state index in [1.54, 1.807) is 0 Å². The molecule has 2 fully saturated rings. The summed E-state index contributed by atoms with van der Waals surface area (Å²) < 4.78 is 0. The van der Waals surface area contributed by atoms with Gasteiger partial charge in [-0.05, 0) is 57.5 Å². The smallest absolute Gasteiger partial charge is 0.0192 e. The molecule has 0 amide bonds. The van der Waals surface area contributed by atoms with Gasteiger partial charge < -0.3 is 5.32 Å². The van der Waals surface area contributed by atoms with Crippen molar-refractivity contribution in [2.24, 2.45) is 5.41 Å². The molecule has 1 heterocycles. The summed E-state index contributed by atoms with van der Waals surface area (Å²) in [5, 5.41) is 3.45. The first kappa shape index (κ1) is 12.4. The number of rotatable bonds is 2. The molecule has 16 heavy (non-hydrogen) atoms. The molecular weight excluding hydrogens is 196 g/mol. The van der Waals surface area contributed by atoms with Gasteiger partial charge in [-0.25, -0.2) is 0 Å². The zero-order valence-electron chi connectivity index (χ0n) is 11.3. The van der Waals surface area contributed by atoms with Crippen molar-refractivity contribution in [3.63, 3.8) is 0 Å². The van der Waals surface area contributed by atoms with E-state index in [-0.39, 0.29) is 0 Å². The van der Waals surface area contributed by atoms with Crippen LogP contribution < -0.4 is 5.32 Å². The predicted molar refractivity (Wildman–Crippen MR) is 69.7 cm³/mol. The van der Waals surface area contributed by atoms with Crippen molar-refractivity contribution in [3.05, 3.63) is 0 Å². The van der Waals surface area contributed by atoms with E-state index in [0.717, 1.165) is 12.1 Å². The number of likely N-dealkylation sites (N-methyl/N-ethyl adjacent to an activating group) is 1. The van der Waals surface area contributed by atoms with Gasteiger partial charge in [-0.3, -0.25) is 4.90 Å². The van der Waals surface area contributed by atoms with Crippen molar-refractivity contribution in [2.75, 3.05) is 20.1 Å². The van der Waals surface area contributed by atoms with Gasteiger partial charge >= 0.3 is 0 Å². The molecule has 1 N–H and O–H groups in total. The molecule has 0 aromatic rings. The zero-order chi connectivity index (χ0) is 11.6. The first-order chi connectivity index (χ1) is 7.61. The van der Waals surface area contributed by atoms with Crippen molar-refractivity contribution in [1.29, 1.82) is 0 Å². The molecule has 0 radical (unpaired) electrons. The van der Waals surface area contributed by atoms with E-state index in [1.165, 1.54) is 51.6 Å². The van der Waals surface area contributed by atoms with Gasteiger partial charge in [0.05, 0.1) is 0 Å². The van der Waals surface area contributed by atoms with Gasteiger partial charge in [-0.1, -0.05) is 13.8 Å². The van der Waals surface area contributed by atoms with E-state index in [9.17, 15) is 0 Å². The second-order valence-electron chi connectivity index (χ2n) is 6.52. The highest BCUT2D eigenvalue weighted by atomic mass is 15.2. The Morgan fingerprint density at radius 2 is 1.81 bits per heavy atom. The summed E-state index contributed by atoms with van der Waals surface area (Å²) in [6.45, 7) is 7.47. The third-order valence-electron chi connectivity index (χ3n) is 4.69. The molecule has 0 aromatic heterocycles. The largest absolute Gasteiger partial charge is 0.316 e. The lowest BCUT2D eigenvalue weighted by Crippen LogP contribution is -2.50.